The first-order valence-corrected chi connectivity index (χ1v) is 4.83. The number of aliphatic hydroxyl groups excluding tert-OH is 1. The second-order valence-corrected chi connectivity index (χ2v) is 3.70. The van der Waals surface area contributed by atoms with Gasteiger partial charge >= 0.3 is 0 Å². The first-order chi connectivity index (χ1) is 6.31. The number of nitrogens with zero attached hydrogens (tertiary/aromatic N) is 2. The molecule has 0 aromatic carbocycles. The van der Waals surface area contributed by atoms with Gasteiger partial charge in [0.2, 0.25) is 0 Å². The Morgan fingerprint density at radius 2 is 2.38 bits per heavy atom. The quantitative estimate of drug-likeness (QED) is 0.867. The number of hydrogen-bond donors (Lipinski definition) is 1. The summed E-state index contributed by atoms with van der Waals surface area (Å²) in [6.07, 6.45) is 4.34. The fourth-order valence-electron chi connectivity index (χ4n) is 1.31. The van der Waals surface area contributed by atoms with Gasteiger partial charge in [-0.05, 0) is 12.1 Å². The van der Waals surface area contributed by atoms with Crippen LogP contribution in [0.3, 0.4) is 0 Å². The number of halogens is 1. The summed E-state index contributed by atoms with van der Waals surface area (Å²) in [5.41, 5.74) is 1.04. The Labute approximate surface area is 84.2 Å². The molecule has 0 aliphatic heterocycles. The minimum atomic E-state index is 0.134. The number of imidazole rings is 1. The molecule has 2 rings (SSSR count). The molecule has 0 aliphatic carbocycles. The van der Waals surface area contributed by atoms with Crippen LogP contribution in [-0.2, 0) is 6.42 Å². The van der Waals surface area contributed by atoms with Crippen molar-refractivity contribution >= 4 is 21.4 Å². The van der Waals surface area contributed by atoms with E-state index in [-0.39, 0.29) is 6.61 Å². The van der Waals surface area contributed by atoms with Crippen molar-refractivity contribution in [3.63, 3.8) is 0 Å². The van der Waals surface area contributed by atoms with Crippen LogP contribution in [-0.4, -0.2) is 21.1 Å². The van der Waals surface area contributed by atoms with E-state index in [1.165, 1.54) is 0 Å². The second kappa shape index (κ2) is 3.47. The van der Waals surface area contributed by atoms with E-state index >= 15 is 0 Å². The van der Waals surface area contributed by atoms with Gasteiger partial charge in [-0.3, -0.25) is 0 Å². The minimum absolute atomic E-state index is 0.134. The molecule has 0 fully saturated rings. The molecule has 2 aromatic heterocycles. The van der Waals surface area contributed by atoms with Crippen molar-refractivity contribution in [3.05, 3.63) is 34.8 Å². The fraction of sp³-hybridized carbons (Fsp3) is 0.222. The molecule has 0 saturated carbocycles. The third kappa shape index (κ3) is 1.59. The molecule has 0 aliphatic rings. The van der Waals surface area contributed by atoms with E-state index in [0.717, 1.165) is 15.8 Å². The van der Waals surface area contributed by atoms with E-state index in [4.69, 9.17) is 5.11 Å². The smallest absolute Gasteiger partial charge is 0.115 e. The molecule has 0 radical (unpaired) electrons. The van der Waals surface area contributed by atoms with Crippen LogP contribution in [0.25, 0.3) is 5.52 Å². The SMILES string of the molecule is OCCc1ncc2cc(Br)ccn12. The molecule has 68 valence electrons. The molecule has 13 heavy (non-hydrogen) atoms. The minimum Gasteiger partial charge on any atom is -0.396 e. The third-order valence-corrected chi connectivity index (χ3v) is 2.40. The summed E-state index contributed by atoms with van der Waals surface area (Å²) in [6, 6.07) is 3.95. The highest BCUT2D eigenvalue weighted by Gasteiger charge is 2.01. The van der Waals surface area contributed by atoms with Crippen LogP contribution in [0, 0.1) is 0 Å². The topological polar surface area (TPSA) is 37.5 Å². The van der Waals surface area contributed by atoms with Gasteiger partial charge in [0.1, 0.15) is 5.82 Å². The predicted octanol–water partition coefficient (Wildman–Crippen LogP) is 1.63. The second-order valence-electron chi connectivity index (χ2n) is 2.79. The van der Waals surface area contributed by atoms with Gasteiger partial charge in [0, 0.05) is 17.1 Å². The summed E-state index contributed by atoms with van der Waals surface area (Å²) in [5.74, 6) is 0.894. The average Bonchev–Trinajstić information content (AvgIpc) is 2.49. The van der Waals surface area contributed by atoms with E-state index in [1.54, 1.807) is 6.20 Å². The Kier molecular flexibility index (Phi) is 2.33. The van der Waals surface area contributed by atoms with Gasteiger partial charge in [0.05, 0.1) is 18.3 Å². The van der Waals surface area contributed by atoms with E-state index in [1.807, 2.05) is 22.7 Å². The summed E-state index contributed by atoms with van der Waals surface area (Å²) >= 11 is 3.39. The third-order valence-electron chi connectivity index (χ3n) is 1.91. The van der Waals surface area contributed by atoms with Crippen LogP contribution in [0.4, 0.5) is 0 Å². The van der Waals surface area contributed by atoms with Gasteiger partial charge < -0.3 is 9.51 Å². The van der Waals surface area contributed by atoms with Crippen molar-refractivity contribution in [2.24, 2.45) is 0 Å². The van der Waals surface area contributed by atoms with Crippen LogP contribution in [0.2, 0.25) is 0 Å². The number of pyridine rings is 1. The molecule has 0 atom stereocenters. The van der Waals surface area contributed by atoms with Gasteiger partial charge in [-0.25, -0.2) is 4.98 Å². The molecule has 0 amide bonds. The lowest BCUT2D eigenvalue weighted by atomic mass is 10.4. The normalized spacial score (nSPS) is 10.9. The van der Waals surface area contributed by atoms with Gasteiger partial charge in [-0.15, -0.1) is 0 Å². The lowest BCUT2D eigenvalue weighted by Crippen LogP contribution is -1.97. The first kappa shape index (κ1) is 8.72. The Morgan fingerprint density at radius 1 is 1.54 bits per heavy atom. The molecule has 3 nitrogen and oxygen atoms in total. The van der Waals surface area contributed by atoms with Crippen molar-refractivity contribution in [3.8, 4) is 0 Å². The lowest BCUT2D eigenvalue weighted by Gasteiger charge is -1.98. The monoisotopic (exact) mass is 240 g/mol. The number of rotatable bonds is 2. The number of aromatic nitrogens is 2. The maximum atomic E-state index is 8.79. The summed E-state index contributed by atoms with van der Waals surface area (Å²) in [6.45, 7) is 0.134. The molecule has 4 heteroatoms. The van der Waals surface area contributed by atoms with E-state index in [0.29, 0.717) is 6.42 Å². The van der Waals surface area contributed by atoms with Crippen molar-refractivity contribution in [2.45, 2.75) is 6.42 Å². The average molecular weight is 241 g/mol. The van der Waals surface area contributed by atoms with Crippen LogP contribution >= 0.6 is 15.9 Å². The summed E-state index contributed by atoms with van der Waals surface area (Å²) in [5, 5.41) is 8.79. The van der Waals surface area contributed by atoms with Crippen LogP contribution < -0.4 is 0 Å². The molecule has 0 spiro atoms. The zero-order valence-corrected chi connectivity index (χ0v) is 8.53. The zero-order valence-electron chi connectivity index (χ0n) is 6.94. The molecule has 2 aromatic rings. The van der Waals surface area contributed by atoms with Crippen molar-refractivity contribution < 1.29 is 5.11 Å². The summed E-state index contributed by atoms with van der Waals surface area (Å²) < 4.78 is 3.01. The van der Waals surface area contributed by atoms with Crippen molar-refractivity contribution in [1.29, 1.82) is 0 Å². The lowest BCUT2D eigenvalue weighted by molar-refractivity contribution is 0.296. The van der Waals surface area contributed by atoms with Crippen LogP contribution in [0.1, 0.15) is 5.82 Å². The van der Waals surface area contributed by atoms with E-state index in [9.17, 15) is 0 Å². The number of aliphatic hydroxyl groups is 1. The zero-order chi connectivity index (χ0) is 9.26. The highest BCUT2D eigenvalue weighted by atomic mass is 79.9. The number of fused-ring (bicyclic) bond motifs is 1. The largest absolute Gasteiger partial charge is 0.396 e. The van der Waals surface area contributed by atoms with Crippen LogP contribution in [0.15, 0.2) is 29.0 Å². The Morgan fingerprint density at radius 3 is 3.15 bits per heavy atom. The summed E-state index contributed by atoms with van der Waals surface area (Å²) in [7, 11) is 0. The van der Waals surface area contributed by atoms with E-state index < -0.39 is 0 Å². The van der Waals surface area contributed by atoms with Gasteiger partial charge in [0.25, 0.3) is 0 Å². The Bertz CT molecular complexity index is 424. The molecule has 2 heterocycles. The molecule has 0 saturated heterocycles. The maximum absolute atomic E-state index is 8.79. The molecule has 1 N–H and O–H groups in total. The van der Waals surface area contributed by atoms with Gasteiger partial charge in [0.15, 0.2) is 0 Å². The number of hydrogen-bond acceptors (Lipinski definition) is 2. The Hall–Kier alpha value is -0.870. The summed E-state index contributed by atoms with van der Waals surface area (Å²) in [4.78, 5) is 4.21. The molecular weight excluding hydrogens is 232 g/mol. The highest BCUT2D eigenvalue weighted by Crippen LogP contribution is 2.14. The van der Waals surface area contributed by atoms with Crippen molar-refractivity contribution in [2.75, 3.05) is 6.61 Å². The molecule has 0 bridgehead atoms. The van der Waals surface area contributed by atoms with Gasteiger partial charge in [-0.2, -0.15) is 0 Å². The first-order valence-electron chi connectivity index (χ1n) is 4.03. The van der Waals surface area contributed by atoms with E-state index in [2.05, 4.69) is 20.9 Å². The maximum Gasteiger partial charge on any atom is 0.115 e. The molecular formula is C9H9BrN2O. The predicted molar refractivity (Wildman–Crippen MR) is 53.7 cm³/mol. The standard InChI is InChI=1S/C9H9BrN2O/c10-7-1-3-12-8(5-7)6-11-9(12)2-4-13/h1,3,5-6,13H,2,4H2. The van der Waals surface area contributed by atoms with Crippen molar-refractivity contribution in [1.82, 2.24) is 9.38 Å². The fourth-order valence-corrected chi connectivity index (χ4v) is 1.67. The Balaban J connectivity index is 2.55. The van der Waals surface area contributed by atoms with Crippen LogP contribution in [0.5, 0.6) is 0 Å². The molecule has 0 unspecified atom stereocenters. The van der Waals surface area contributed by atoms with Gasteiger partial charge in [-0.1, -0.05) is 15.9 Å². The highest BCUT2D eigenvalue weighted by molar-refractivity contribution is 9.10.